The SMILES string of the molecule is CCCNC(=O)C(C)Nc1ccc(N)c(OC(C)(C)C)n1. The van der Waals surface area contributed by atoms with Crippen molar-refractivity contribution in [2.24, 2.45) is 0 Å². The Hall–Kier alpha value is -1.98. The normalized spacial score (nSPS) is 12.6. The molecule has 0 aliphatic heterocycles. The summed E-state index contributed by atoms with van der Waals surface area (Å²) < 4.78 is 5.70. The smallest absolute Gasteiger partial charge is 0.242 e. The third kappa shape index (κ3) is 5.89. The van der Waals surface area contributed by atoms with Crippen molar-refractivity contribution in [3.8, 4) is 5.88 Å². The van der Waals surface area contributed by atoms with Gasteiger partial charge in [0, 0.05) is 6.54 Å². The van der Waals surface area contributed by atoms with Crippen LogP contribution in [0.15, 0.2) is 12.1 Å². The molecule has 118 valence electrons. The third-order valence-corrected chi connectivity index (χ3v) is 2.60. The molecule has 0 bridgehead atoms. The number of ether oxygens (including phenoxy) is 1. The number of nitrogens with zero attached hydrogens (tertiary/aromatic N) is 1. The molecule has 0 aliphatic rings. The van der Waals surface area contributed by atoms with Crippen molar-refractivity contribution in [1.82, 2.24) is 10.3 Å². The molecule has 6 nitrogen and oxygen atoms in total. The van der Waals surface area contributed by atoms with Gasteiger partial charge in [0.05, 0.1) is 5.69 Å². The molecule has 1 aromatic rings. The number of pyridine rings is 1. The fourth-order valence-electron chi connectivity index (χ4n) is 1.59. The first-order valence-electron chi connectivity index (χ1n) is 7.22. The first-order chi connectivity index (χ1) is 9.73. The van der Waals surface area contributed by atoms with E-state index in [0.29, 0.717) is 23.9 Å². The molecule has 1 heterocycles. The average Bonchev–Trinajstić information content (AvgIpc) is 2.38. The third-order valence-electron chi connectivity index (χ3n) is 2.60. The number of carbonyl (C=O) groups excluding carboxylic acids is 1. The van der Waals surface area contributed by atoms with Crippen LogP contribution in [0.2, 0.25) is 0 Å². The largest absolute Gasteiger partial charge is 0.470 e. The number of aromatic nitrogens is 1. The van der Waals surface area contributed by atoms with Crippen LogP contribution in [0.25, 0.3) is 0 Å². The van der Waals surface area contributed by atoms with Gasteiger partial charge in [0.15, 0.2) is 0 Å². The quantitative estimate of drug-likeness (QED) is 0.748. The predicted octanol–water partition coefficient (Wildman–Crippen LogP) is 2.17. The number of nitrogens with one attached hydrogen (secondary N) is 2. The van der Waals surface area contributed by atoms with Gasteiger partial charge >= 0.3 is 0 Å². The number of amides is 1. The first-order valence-corrected chi connectivity index (χ1v) is 7.22. The molecule has 21 heavy (non-hydrogen) atoms. The van der Waals surface area contributed by atoms with E-state index in [1.54, 1.807) is 19.1 Å². The van der Waals surface area contributed by atoms with Crippen molar-refractivity contribution in [2.45, 2.75) is 52.7 Å². The summed E-state index contributed by atoms with van der Waals surface area (Å²) in [5.74, 6) is 0.866. The van der Waals surface area contributed by atoms with Crippen LogP contribution in [0.3, 0.4) is 0 Å². The number of hydrogen-bond acceptors (Lipinski definition) is 5. The lowest BCUT2D eigenvalue weighted by molar-refractivity contribution is -0.121. The van der Waals surface area contributed by atoms with Crippen molar-refractivity contribution in [2.75, 3.05) is 17.6 Å². The molecule has 0 aromatic carbocycles. The Balaban J connectivity index is 2.76. The molecule has 0 spiro atoms. The lowest BCUT2D eigenvalue weighted by atomic mass is 10.2. The van der Waals surface area contributed by atoms with Crippen LogP contribution in [0, 0.1) is 0 Å². The molecule has 1 rings (SSSR count). The van der Waals surface area contributed by atoms with E-state index in [9.17, 15) is 4.79 Å². The molecule has 0 fully saturated rings. The van der Waals surface area contributed by atoms with E-state index in [2.05, 4.69) is 15.6 Å². The van der Waals surface area contributed by atoms with Gasteiger partial charge in [0.1, 0.15) is 17.5 Å². The Morgan fingerprint density at radius 3 is 2.67 bits per heavy atom. The van der Waals surface area contributed by atoms with E-state index in [0.717, 1.165) is 6.42 Å². The molecule has 0 saturated carbocycles. The number of nitrogens with two attached hydrogens (primary N) is 1. The van der Waals surface area contributed by atoms with Crippen LogP contribution >= 0.6 is 0 Å². The zero-order valence-corrected chi connectivity index (χ0v) is 13.5. The Morgan fingerprint density at radius 2 is 2.10 bits per heavy atom. The average molecular weight is 294 g/mol. The van der Waals surface area contributed by atoms with Crippen LogP contribution < -0.4 is 21.1 Å². The summed E-state index contributed by atoms with van der Waals surface area (Å²) in [7, 11) is 0. The number of hydrogen-bond donors (Lipinski definition) is 3. The van der Waals surface area contributed by atoms with Gasteiger partial charge in [-0.2, -0.15) is 4.98 Å². The highest BCUT2D eigenvalue weighted by Gasteiger charge is 2.17. The zero-order chi connectivity index (χ0) is 16.0. The van der Waals surface area contributed by atoms with Gasteiger partial charge in [-0.15, -0.1) is 0 Å². The minimum Gasteiger partial charge on any atom is -0.470 e. The summed E-state index contributed by atoms with van der Waals surface area (Å²) in [6, 6.07) is 3.07. The fraction of sp³-hybridized carbons (Fsp3) is 0.600. The molecule has 1 atom stereocenters. The van der Waals surface area contributed by atoms with Crippen molar-refractivity contribution < 1.29 is 9.53 Å². The predicted molar refractivity (Wildman–Crippen MR) is 85.4 cm³/mol. The standard InChI is InChI=1S/C15H26N4O2/c1-6-9-17-13(20)10(2)18-12-8-7-11(16)14(19-12)21-15(3,4)5/h7-8,10H,6,9,16H2,1-5H3,(H,17,20)(H,18,19). The van der Waals surface area contributed by atoms with Gasteiger partial charge < -0.3 is 21.1 Å². The lowest BCUT2D eigenvalue weighted by Crippen LogP contribution is -2.38. The number of rotatable bonds is 6. The monoisotopic (exact) mass is 294 g/mol. The van der Waals surface area contributed by atoms with Crippen LogP contribution in [0.5, 0.6) is 5.88 Å². The van der Waals surface area contributed by atoms with Crippen molar-refractivity contribution in [3.63, 3.8) is 0 Å². The van der Waals surface area contributed by atoms with Gasteiger partial charge in [-0.25, -0.2) is 0 Å². The van der Waals surface area contributed by atoms with Gasteiger partial charge in [-0.1, -0.05) is 6.92 Å². The van der Waals surface area contributed by atoms with Crippen LogP contribution in [-0.4, -0.2) is 29.1 Å². The summed E-state index contributed by atoms with van der Waals surface area (Å²) in [6.45, 7) is 10.2. The Labute approximate surface area is 126 Å². The number of nitrogen functional groups attached to an aromatic ring is 1. The topological polar surface area (TPSA) is 89.3 Å². The van der Waals surface area contributed by atoms with Gasteiger partial charge in [0.2, 0.25) is 11.8 Å². The second-order valence-corrected chi connectivity index (χ2v) is 5.96. The molecule has 0 aliphatic carbocycles. The Bertz CT molecular complexity index is 483. The number of anilines is 2. The summed E-state index contributed by atoms with van der Waals surface area (Å²) in [4.78, 5) is 16.2. The van der Waals surface area contributed by atoms with Crippen molar-refractivity contribution >= 4 is 17.4 Å². The van der Waals surface area contributed by atoms with Gasteiger partial charge in [-0.05, 0) is 46.2 Å². The van der Waals surface area contributed by atoms with E-state index in [1.165, 1.54) is 0 Å². The van der Waals surface area contributed by atoms with E-state index in [4.69, 9.17) is 10.5 Å². The molecular weight excluding hydrogens is 268 g/mol. The van der Waals surface area contributed by atoms with Crippen molar-refractivity contribution in [3.05, 3.63) is 12.1 Å². The molecule has 0 saturated heterocycles. The van der Waals surface area contributed by atoms with Crippen LogP contribution in [-0.2, 0) is 4.79 Å². The molecule has 6 heteroatoms. The van der Waals surface area contributed by atoms with E-state index in [-0.39, 0.29) is 17.6 Å². The minimum absolute atomic E-state index is 0.0613. The van der Waals surface area contributed by atoms with E-state index in [1.807, 2.05) is 27.7 Å². The lowest BCUT2D eigenvalue weighted by Gasteiger charge is -2.22. The highest BCUT2D eigenvalue weighted by molar-refractivity contribution is 5.83. The molecule has 4 N–H and O–H groups in total. The van der Waals surface area contributed by atoms with E-state index < -0.39 is 0 Å². The highest BCUT2D eigenvalue weighted by Crippen LogP contribution is 2.25. The molecule has 1 unspecified atom stereocenters. The van der Waals surface area contributed by atoms with Gasteiger partial charge in [0.25, 0.3) is 0 Å². The van der Waals surface area contributed by atoms with Crippen LogP contribution in [0.1, 0.15) is 41.0 Å². The summed E-state index contributed by atoms with van der Waals surface area (Å²) in [5.41, 5.74) is 5.94. The van der Waals surface area contributed by atoms with Gasteiger partial charge in [-0.3, -0.25) is 4.79 Å². The molecule has 0 radical (unpaired) electrons. The molecule has 1 amide bonds. The Kier molecular flexibility index (Phi) is 5.81. The summed E-state index contributed by atoms with van der Waals surface area (Å²) in [5, 5.41) is 5.88. The fourth-order valence-corrected chi connectivity index (χ4v) is 1.59. The van der Waals surface area contributed by atoms with Crippen molar-refractivity contribution in [1.29, 1.82) is 0 Å². The summed E-state index contributed by atoms with van der Waals surface area (Å²) in [6.07, 6.45) is 0.905. The maximum Gasteiger partial charge on any atom is 0.242 e. The maximum absolute atomic E-state index is 11.8. The first kappa shape index (κ1) is 17.1. The van der Waals surface area contributed by atoms with E-state index >= 15 is 0 Å². The second kappa shape index (κ2) is 7.15. The highest BCUT2D eigenvalue weighted by atomic mass is 16.5. The van der Waals surface area contributed by atoms with Crippen LogP contribution in [0.4, 0.5) is 11.5 Å². The maximum atomic E-state index is 11.8. The molecule has 1 aromatic heterocycles. The second-order valence-electron chi connectivity index (χ2n) is 5.96. The zero-order valence-electron chi connectivity index (χ0n) is 13.5. The number of carbonyl (C=O) groups is 1. The molecular formula is C15H26N4O2. The summed E-state index contributed by atoms with van der Waals surface area (Å²) >= 11 is 0. The minimum atomic E-state index is -0.385. The Morgan fingerprint density at radius 1 is 1.43 bits per heavy atom.